The second-order valence-electron chi connectivity index (χ2n) is 7.00. The SMILES string of the molecule is CC(C)n1cc(C(C)(C)O)c(=O)c2ccc(-c3nc(Cl)ncc3F)cc21. The smallest absolute Gasteiger partial charge is 0.223 e. The summed E-state index contributed by atoms with van der Waals surface area (Å²) < 4.78 is 16.0. The third-order valence-electron chi connectivity index (χ3n) is 4.24. The monoisotopic (exact) mass is 375 g/mol. The highest BCUT2D eigenvalue weighted by Crippen LogP contribution is 2.28. The minimum absolute atomic E-state index is 0.0216. The summed E-state index contributed by atoms with van der Waals surface area (Å²) in [6, 6.07) is 4.96. The van der Waals surface area contributed by atoms with Gasteiger partial charge in [0.1, 0.15) is 5.69 Å². The summed E-state index contributed by atoms with van der Waals surface area (Å²) in [5.41, 5.74) is -0.0258. The summed E-state index contributed by atoms with van der Waals surface area (Å²) >= 11 is 5.79. The Hall–Kier alpha value is -2.31. The highest BCUT2D eigenvalue weighted by atomic mass is 35.5. The van der Waals surface area contributed by atoms with E-state index in [1.807, 2.05) is 18.4 Å². The average Bonchev–Trinajstić information content (AvgIpc) is 2.55. The maximum Gasteiger partial charge on any atom is 0.223 e. The van der Waals surface area contributed by atoms with Crippen molar-refractivity contribution in [3.05, 3.63) is 57.5 Å². The summed E-state index contributed by atoms with van der Waals surface area (Å²) in [6.45, 7) is 7.08. The zero-order chi connectivity index (χ0) is 19.2. The number of aromatic nitrogens is 3. The quantitative estimate of drug-likeness (QED) is 0.701. The molecule has 0 saturated carbocycles. The number of nitrogens with zero attached hydrogens (tertiary/aromatic N) is 3. The molecule has 3 aromatic rings. The van der Waals surface area contributed by atoms with Gasteiger partial charge in [-0.1, -0.05) is 6.07 Å². The Morgan fingerprint density at radius 3 is 2.62 bits per heavy atom. The second-order valence-corrected chi connectivity index (χ2v) is 7.34. The molecule has 1 N–H and O–H groups in total. The van der Waals surface area contributed by atoms with Crippen LogP contribution in [-0.2, 0) is 5.60 Å². The predicted molar refractivity (Wildman–Crippen MR) is 99.8 cm³/mol. The predicted octanol–water partition coefficient (Wildman–Crippen LogP) is 4.06. The van der Waals surface area contributed by atoms with Crippen molar-refractivity contribution in [1.82, 2.24) is 14.5 Å². The molecule has 7 heteroatoms. The van der Waals surface area contributed by atoms with Crippen molar-refractivity contribution in [3.63, 3.8) is 0 Å². The molecule has 0 fully saturated rings. The standard InChI is InChI=1S/C19H19ClFN3O2/c1-10(2)24-9-13(19(3,4)26)17(25)12-6-5-11(7-15(12)24)16-14(21)8-22-18(20)23-16/h5-10,26H,1-4H3. The molecule has 3 rings (SSSR count). The molecule has 26 heavy (non-hydrogen) atoms. The van der Waals surface area contributed by atoms with Gasteiger partial charge in [-0.25, -0.2) is 14.4 Å². The third kappa shape index (κ3) is 3.22. The van der Waals surface area contributed by atoms with E-state index in [2.05, 4.69) is 9.97 Å². The maximum absolute atomic E-state index is 14.1. The van der Waals surface area contributed by atoms with Crippen molar-refractivity contribution in [2.24, 2.45) is 0 Å². The average molecular weight is 376 g/mol. The zero-order valence-electron chi connectivity index (χ0n) is 14.9. The van der Waals surface area contributed by atoms with Crippen molar-refractivity contribution in [3.8, 4) is 11.3 Å². The van der Waals surface area contributed by atoms with Gasteiger partial charge in [-0.3, -0.25) is 4.79 Å². The van der Waals surface area contributed by atoms with Gasteiger partial charge in [0.15, 0.2) is 11.2 Å². The highest BCUT2D eigenvalue weighted by molar-refractivity contribution is 6.28. The zero-order valence-corrected chi connectivity index (χ0v) is 15.7. The lowest BCUT2D eigenvalue weighted by molar-refractivity contribution is 0.0769. The number of hydrogen-bond donors (Lipinski definition) is 1. The Morgan fingerprint density at radius 2 is 2.00 bits per heavy atom. The molecule has 0 radical (unpaired) electrons. The minimum atomic E-state index is -1.27. The van der Waals surface area contributed by atoms with E-state index in [-0.39, 0.29) is 22.4 Å². The number of hydrogen-bond acceptors (Lipinski definition) is 4. The largest absolute Gasteiger partial charge is 0.386 e. The lowest BCUT2D eigenvalue weighted by atomic mass is 9.96. The van der Waals surface area contributed by atoms with Gasteiger partial charge in [-0.2, -0.15) is 0 Å². The highest BCUT2D eigenvalue weighted by Gasteiger charge is 2.23. The summed E-state index contributed by atoms with van der Waals surface area (Å²) in [7, 11) is 0. The van der Waals surface area contributed by atoms with E-state index in [1.54, 1.807) is 38.2 Å². The van der Waals surface area contributed by atoms with Crippen molar-refractivity contribution >= 4 is 22.5 Å². The summed E-state index contributed by atoms with van der Waals surface area (Å²) in [6.07, 6.45) is 2.67. The van der Waals surface area contributed by atoms with E-state index >= 15 is 0 Å². The molecule has 0 aliphatic rings. The first-order chi connectivity index (χ1) is 12.1. The molecule has 2 aromatic heterocycles. The van der Waals surface area contributed by atoms with Gasteiger partial charge < -0.3 is 9.67 Å². The topological polar surface area (TPSA) is 68.0 Å². The van der Waals surface area contributed by atoms with Gasteiger partial charge in [-0.15, -0.1) is 0 Å². The fourth-order valence-electron chi connectivity index (χ4n) is 2.91. The molecule has 0 amide bonds. The first-order valence-electron chi connectivity index (χ1n) is 8.19. The van der Waals surface area contributed by atoms with Crippen LogP contribution in [0.3, 0.4) is 0 Å². The lowest BCUT2D eigenvalue weighted by Crippen LogP contribution is -2.27. The fraction of sp³-hybridized carbons (Fsp3) is 0.316. The first kappa shape index (κ1) is 18.5. The van der Waals surface area contributed by atoms with Crippen LogP contribution in [0.4, 0.5) is 4.39 Å². The lowest BCUT2D eigenvalue weighted by Gasteiger charge is -2.23. The molecule has 0 spiro atoms. The fourth-order valence-corrected chi connectivity index (χ4v) is 3.04. The summed E-state index contributed by atoms with van der Waals surface area (Å²) in [5.74, 6) is -0.597. The number of rotatable bonds is 3. The number of aliphatic hydroxyl groups is 1. The Bertz CT molecular complexity index is 1060. The van der Waals surface area contributed by atoms with Crippen LogP contribution in [0.1, 0.15) is 39.3 Å². The molecule has 0 saturated heterocycles. The van der Waals surface area contributed by atoms with Gasteiger partial charge in [-0.05, 0) is 51.4 Å². The third-order valence-corrected chi connectivity index (χ3v) is 4.42. The van der Waals surface area contributed by atoms with Gasteiger partial charge >= 0.3 is 0 Å². The van der Waals surface area contributed by atoms with Crippen LogP contribution in [0.25, 0.3) is 22.2 Å². The number of fused-ring (bicyclic) bond motifs is 1. The molecule has 0 bridgehead atoms. The molecule has 0 unspecified atom stereocenters. The Kier molecular flexibility index (Phi) is 4.58. The number of halogens is 2. The van der Waals surface area contributed by atoms with E-state index in [0.717, 1.165) is 6.20 Å². The van der Waals surface area contributed by atoms with Crippen LogP contribution < -0.4 is 5.43 Å². The van der Waals surface area contributed by atoms with E-state index in [1.165, 1.54) is 0 Å². The van der Waals surface area contributed by atoms with Crippen LogP contribution >= 0.6 is 11.6 Å². The Morgan fingerprint density at radius 1 is 1.31 bits per heavy atom. The van der Waals surface area contributed by atoms with Crippen molar-refractivity contribution < 1.29 is 9.50 Å². The van der Waals surface area contributed by atoms with Gasteiger partial charge in [0.2, 0.25) is 5.28 Å². The Balaban J connectivity index is 2.36. The molecule has 0 aliphatic heterocycles. The molecule has 136 valence electrons. The normalized spacial score (nSPS) is 12.2. The molecule has 0 atom stereocenters. The molecular formula is C19H19ClFN3O2. The van der Waals surface area contributed by atoms with Gasteiger partial charge in [0, 0.05) is 28.8 Å². The van der Waals surface area contributed by atoms with Gasteiger partial charge in [0.05, 0.1) is 17.3 Å². The van der Waals surface area contributed by atoms with Crippen molar-refractivity contribution in [2.45, 2.75) is 39.3 Å². The van der Waals surface area contributed by atoms with E-state index in [9.17, 15) is 14.3 Å². The van der Waals surface area contributed by atoms with Crippen molar-refractivity contribution in [2.75, 3.05) is 0 Å². The molecule has 2 heterocycles. The first-order valence-corrected chi connectivity index (χ1v) is 8.57. The van der Waals surface area contributed by atoms with Crippen LogP contribution in [0.15, 0.2) is 35.4 Å². The van der Waals surface area contributed by atoms with Gasteiger partial charge in [0.25, 0.3) is 0 Å². The van der Waals surface area contributed by atoms with Crippen LogP contribution in [0.5, 0.6) is 0 Å². The number of benzene rings is 1. The minimum Gasteiger partial charge on any atom is -0.386 e. The van der Waals surface area contributed by atoms with E-state index in [0.29, 0.717) is 22.0 Å². The van der Waals surface area contributed by atoms with E-state index < -0.39 is 11.4 Å². The molecule has 0 aliphatic carbocycles. The van der Waals surface area contributed by atoms with Crippen LogP contribution in [-0.4, -0.2) is 19.6 Å². The molecule has 5 nitrogen and oxygen atoms in total. The molecular weight excluding hydrogens is 357 g/mol. The van der Waals surface area contributed by atoms with Crippen LogP contribution in [0.2, 0.25) is 5.28 Å². The number of pyridine rings is 1. The summed E-state index contributed by atoms with van der Waals surface area (Å²) in [4.78, 5) is 20.4. The summed E-state index contributed by atoms with van der Waals surface area (Å²) in [5, 5.41) is 10.7. The Labute approximate surface area is 155 Å². The van der Waals surface area contributed by atoms with Crippen molar-refractivity contribution in [1.29, 1.82) is 0 Å². The molecule has 1 aromatic carbocycles. The van der Waals surface area contributed by atoms with Crippen LogP contribution in [0, 0.1) is 5.82 Å². The second kappa shape index (κ2) is 6.45. The maximum atomic E-state index is 14.1. The van der Waals surface area contributed by atoms with E-state index in [4.69, 9.17) is 11.6 Å².